The minimum atomic E-state index is -0.244. The van der Waals surface area contributed by atoms with Crippen molar-refractivity contribution in [1.82, 2.24) is 9.88 Å². The molecule has 6 heteroatoms. The molecule has 0 unspecified atom stereocenters. The summed E-state index contributed by atoms with van der Waals surface area (Å²) < 4.78 is 0. The summed E-state index contributed by atoms with van der Waals surface area (Å²) in [5.74, 6) is 0.257. The van der Waals surface area contributed by atoms with Crippen LogP contribution in [0, 0.1) is 6.92 Å². The van der Waals surface area contributed by atoms with E-state index in [1.807, 2.05) is 43.3 Å². The van der Waals surface area contributed by atoms with Crippen LogP contribution in [0.2, 0.25) is 0 Å². The summed E-state index contributed by atoms with van der Waals surface area (Å²) in [7, 11) is 0. The maximum atomic E-state index is 12.4. The van der Waals surface area contributed by atoms with E-state index >= 15 is 0 Å². The predicted octanol–water partition coefficient (Wildman–Crippen LogP) is 2.27. The van der Waals surface area contributed by atoms with Gasteiger partial charge in [-0.15, -0.1) is 0 Å². The van der Waals surface area contributed by atoms with Crippen LogP contribution in [0.3, 0.4) is 0 Å². The van der Waals surface area contributed by atoms with E-state index in [0.29, 0.717) is 18.9 Å². The number of anilines is 2. The van der Waals surface area contributed by atoms with Crippen LogP contribution in [-0.4, -0.2) is 41.5 Å². The number of carbonyl (C=O) groups is 2. The number of benzene rings is 1. The van der Waals surface area contributed by atoms with Gasteiger partial charge >= 0.3 is 6.03 Å². The molecule has 1 fully saturated rings. The second-order valence-corrected chi connectivity index (χ2v) is 5.46. The fourth-order valence-corrected chi connectivity index (χ4v) is 2.54. The quantitative estimate of drug-likeness (QED) is 0.942. The van der Waals surface area contributed by atoms with E-state index in [2.05, 4.69) is 10.3 Å². The molecule has 1 aromatic carbocycles. The van der Waals surface area contributed by atoms with Gasteiger partial charge in [0.05, 0.1) is 0 Å². The van der Waals surface area contributed by atoms with Gasteiger partial charge < -0.3 is 10.2 Å². The van der Waals surface area contributed by atoms with Crippen LogP contribution in [0.5, 0.6) is 0 Å². The molecule has 2 heterocycles. The van der Waals surface area contributed by atoms with Gasteiger partial charge in [-0.1, -0.05) is 18.2 Å². The Morgan fingerprint density at radius 2 is 2.00 bits per heavy atom. The highest BCUT2D eigenvalue weighted by Crippen LogP contribution is 2.19. The first-order valence-corrected chi connectivity index (χ1v) is 7.47. The molecule has 0 aliphatic carbocycles. The summed E-state index contributed by atoms with van der Waals surface area (Å²) in [6.45, 7) is 3.07. The zero-order valence-electron chi connectivity index (χ0n) is 12.9. The number of hydrogen-bond donors (Lipinski definition) is 1. The molecule has 0 radical (unpaired) electrons. The molecule has 118 valence electrons. The van der Waals surface area contributed by atoms with E-state index in [-0.39, 0.29) is 18.5 Å². The number of urea groups is 1. The molecule has 1 saturated heterocycles. The lowest BCUT2D eigenvalue weighted by Gasteiger charge is -2.18. The van der Waals surface area contributed by atoms with Gasteiger partial charge in [-0.3, -0.25) is 9.69 Å². The number of hydrogen-bond acceptors (Lipinski definition) is 3. The molecular weight excluding hydrogens is 292 g/mol. The summed E-state index contributed by atoms with van der Waals surface area (Å²) in [6.07, 6.45) is 1.64. The van der Waals surface area contributed by atoms with Gasteiger partial charge in [0.25, 0.3) is 0 Å². The smallest absolute Gasteiger partial charge is 0.313 e. The number of amides is 3. The lowest BCUT2D eigenvalue weighted by molar-refractivity contribution is -0.116. The van der Waals surface area contributed by atoms with Gasteiger partial charge in [-0.25, -0.2) is 9.78 Å². The first kappa shape index (κ1) is 15.0. The standard InChI is InChI=1S/C17H18N4O2/c1-13-7-8-18-15(11-13)19-16(22)12-20-9-10-21(17(20)23)14-5-3-2-4-6-14/h2-8,11H,9-10,12H2,1H3,(H,18,19,22). The minimum absolute atomic E-state index is 0.0256. The van der Waals surface area contributed by atoms with Gasteiger partial charge in [-0.2, -0.15) is 0 Å². The van der Waals surface area contributed by atoms with E-state index in [0.717, 1.165) is 11.3 Å². The number of nitrogens with zero attached hydrogens (tertiary/aromatic N) is 3. The molecule has 0 bridgehead atoms. The van der Waals surface area contributed by atoms with Gasteiger partial charge in [0.1, 0.15) is 12.4 Å². The second-order valence-electron chi connectivity index (χ2n) is 5.46. The van der Waals surface area contributed by atoms with Crippen molar-refractivity contribution in [2.24, 2.45) is 0 Å². The monoisotopic (exact) mass is 310 g/mol. The Morgan fingerprint density at radius 3 is 2.74 bits per heavy atom. The maximum Gasteiger partial charge on any atom is 0.325 e. The number of carbonyl (C=O) groups excluding carboxylic acids is 2. The number of aromatic nitrogens is 1. The van der Waals surface area contributed by atoms with Crippen LogP contribution in [0.4, 0.5) is 16.3 Å². The topological polar surface area (TPSA) is 65.5 Å². The summed E-state index contributed by atoms with van der Waals surface area (Å²) in [6, 6.07) is 13.0. The second kappa shape index (κ2) is 6.48. The van der Waals surface area contributed by atoms with E-state index < -0.39 is 0 Å². The van der Waals surface area contributed by atoms with Crippen LogP contribution in [-0.2, 0) is 4.79 Å². The average Bonchev–Trinajstić information content (AvgIpc) is 2.89. The molecule has 3 amide bonds. The van der Waals surface area contributed by atoms with Crippen molar-refractivity contribution in [2.75, 3.05) is 29.9 Å². The lowest BCUT2D eigenvalue weighted by Crippen LogP contribution is -2.37. The first-order valence-electron chi connectivity index (χ1n) is 7.47. The van der Waals surface area contributed by atoms with Crippen LogP contribution in [0.1, 0.15) is 5.56 Å². The molecule has 0 saturated carbocycles. The molecule has 0 atom stereocenters. The summed E-state index contributed by atoms with van der Waals surface area (Å²) in [4.78, 5) is 31.8. The lowest BCUT2D eigenvalue weighted by atomic mass is 10.3. The summed E-state index contributed by atoms with van der Waals surface area (Å²) in [5.41, 5.74) is 1.86. The largest absolute Gasteiger partial charge is 0.325 e. The number of pyridine rings is 1. The van der Waals surface area contributed by atoms with Gasteiger partial charge in [0, 0.05) is 25.0 Å². The van der Waals surface area contributed by atoms with Crippen molar-refractivity contribution in [1.29, 1.82) is 0 Å². The molecule has 1 aromatic heterocycles. The van der Waals surface area contributed by atoms with Crippen LogP contribution in [0.25, 0.3) is 0 Å². The molecule has 1 aliphatic rings. The molecule has 2 aromatic rings. The SMILES string of the molecule is Cc1ccnc(NC(=O)CN2CCN(c3ccccc3)C2=O)c1. The van der Waals surface area contributed by atoms with Crippen LogP contribution in [0.15, 0.2) is 48.7 Å². The Morgan fingerprint density at radius 1 is 1.22 bits per heavy atom. The number of nitrogens with one attached hydrogen (secondary N) is 1. The molecule has 3 rings (SSSR count). The minimum Gasteiger partial charge on any atom is -0.313 e. The molecule has 1 aliphatic heterocycles. The number of para-hydroxylation sites is 1. The highest BCUT2D eigenvalue weighted by atomic mass is 16.2. The Balaban J connectivity index is 1.60. The Kier molecular flexibility index (Phi) is 4.23. The van der Waals surface area contributed by atoms with Crippen molar-refractivity contribution in [3.05, 3.63) is 54.2 Å². The predicted molar refractivity (Wildman–Crippen MR) is 88.4 cm³/mol. The highest BCUT2D eigenvalue weighted by molar-refractivity contribution is 5.99. The normalized spacial score (nSPS) is 14.2. The molecule has 23 heavy (non-hydrogen) atoms. The van der Waals surface area contributed by atoms with Gasteiger partial charge in [-0.05, 0) is 36.8 Å². The van der Waals surface area contributed by atoms with Crippen molar-refractivity contribution in [3.8, 4) is 0 Å². The Labute approximate surface area is 134 Å². The third-order valence-electron chi connectivity index (χ3n) is 3.68. The Bertz CT molecular complexity index is 718. The van der Waals surface area contributed by atoms with E-state index in [4.69, 9.17) is 0 Å². The van der Waals surface area contributed by atoms with E-state index in [9.17, 15) is 9.59 Å². The first-order chi connectivity index (χ1) is 11.1. The third kappa shape index (κ3) is 3.48. The van der Waals surface area contributed by atoms with Crippen LogP contribution < -0.4 is 10.2 Å². The zero-order valence-corrected chi connectivity index (χ0v) is 12.9. The molecule has 0 spiro atoms. The fourth-order valence-electron chi connectivity index (χ4n) is 2.54. The van der Waals surface area contributed by atoms with E-state index in [1.165, 1.54) is 4.90 Å². The maximum absolute atomic E-state index is 12.4. The molecule has 1 N–H and O–H groups in total. The van der Waals surface area contributed by atoms with Gasteiger partial charge in [0.2, 0.25) is 5.91 Å². The zero-order chi connectivity index (χ0) is 16.2. The van der Waals surface area contributed by atoms with Gasteiger partial charge in [0.15, 0.2) is 0 Å². The highest BCUT2D eigenvalue weighted by Gasteiger charge is 2.30. The van der Waals surface area contributed by atoms with E-state index in [1.54, 1.807) is 17.2 Å². The number of aryl methyl sites for hydroxylation is 1. The van der Waals surface area contributed by atoms with Crippen molar-refractivity contribution < 1.29 is 9.59 Å². The third-order valence-corrected chi connectivity index (χ3v) is 3.68. The molecular formula is C17H18N4O2. The van der Waals surface area contributed by atoms with Crippen molar-refractivity contribution in [3.63, 3.8) is 0 Å². The fraction of sp³-hybridized carbons (Fsp3) is 0.235. The molecule has 6 nitrogen and oxygen atoms in total. The van der Waals surface area contributed by atoms with Crippen molar-refractivity contribution >= 4 is 23.4 Å². The number of rotatable bonds is 4. The Hall–Kier alpha value is -2.89. The van der Waals surface area contributed by atoms with Crippen LogP contribution >= 0.6 is 0 Å². The average molecular weight is 310 g/mol. The summed E-state index contributed by atoms with van der Waals surface area (Å²) in [5, 5.41) is 2.72. The van der Waals surface area contributed by atoms with Crippen molar-refractivity contribution in [2.45, 2.75) is 6.92 Å². The summed E-state index contributed by atoms with van der Waals surface area (Å²) >= 11 is 0.